The molecule has 0 spiro atoms. The van der Waals surface area contributed by atoms with Crippen molar-refractivity contribution in [1.82, 2.24) is 5.32 Å². The van der Waals surface area contributed by atoms with Gasteiger partial charge in [-0.25, -0.2) is 4.39 Å². The van der Waals surface area contributed by atoms with Crippen LogP contribution in [0.1, 0.15) is 13.3 Å². The van der Waals surface area contributed by atoms with Crippen molar-refractivity contribution in [3.63, 3.8) is 0 Å². The molecule has 0 aliphatic carbocycles. The second-order valence-electron chi connectivity index (χ2n) is 4.83. The highest BCUT2D eigenvalue weighted by molar-refractivity contribution is 5.93. The third kappa shape index (κ3) is 5.59. The van der Waals surface area contributed by atoms with Gasteiger partial charge in [0.1, 0.15) is 5.82 Å². The van der Waals surface area contributed by atoms with Crippen LogP contribution in [0, 0.1) is 5.82 Å². The van der Waals surface area contributed by atoms with E-state index in [9.17, 15) is 14.0 Å². The summed E-state index contributed by atoms with van der Waals surface area (Å²) in [5, 5.41) is 8.15. The standard InChI is InChI=1S/C14H18FN3O3.ClH/c1-9(19)17-10-2-3-12(15)13(6-10)18-14(20)7-11-8-16-4-5-21-11;/h2-3,6,11,16H,4-5,7-8H2,1H3,(H,17,19)(H,18,20);1H. The largest absolute Gasteiger partial charge is 0.375 e. The SMILES string of the molecule is CC(=O)Nc1ccc(F)c(NC(=O)CC2CNCCO2)c1.Cl. The number of benzene rings is 1. The van der Waals surface area contributed by atoms with Crippen LogP contribution >= 0.6 is 12.4 Å². The zero-order valence-corrected chi connectivity index (χ0v) is 13.0. The molecule has 6 nitrogen and oxygen atoms in total. The van der Waals surface area contributed by atoms with Crippen molar-refractivity contribution in [1.29, 1.82) is 0 Å². The molecule has 1 atom stereocenters. The minimum Gasteiger partial charge on any atom is -0.375 e. The van der Waals surface area contributed by atoms with Gasteiger partial charge in [0.15, 0.2) is 0 Å². The van der Waals surface area contributed by atoms with E-state index in [0.717, 1.165) is 6.54 Å². The summed E-state index contributed by atoms with van der Waals surface area (Å²) in [6, 6.07) is 4.01. The van der Waals surface area contributed by atoms with Gasteiger partial charge in [-0.3, -0.25) is 9.59 Å². The van der Waals surface area contributed by atoms with Gasteiger partial charge >= 0.3 is 0 Å². The Bertz CT molecular complexity index is 536. The summed E-state index contributed by atoms with van der Waals surface area (Å²) in [5.74, 6) is -1.15. The Morgan fingerprint density at radius 3 is 2.82 bits per heavy atom. The maximum absolute atomic E-state index is 13.7. The molecule has 0 bridgehead atoms. The lowest BCUT2D eigenvalue weighted by atomic mass is 10.2. The van der Waals surface area contributed by atoms with Gasteiger partial charge in [-0.15, -0.1) is 12.4 Å². The second-order valence-corrected chi connectivity index (χ2v) is 4.83. The third-order valence-electron chi connectivity index (χ3n) is 2.98. The Labute approximate surface area is 134 Å². The molecule has 2 rings (SSSR count). The monoisotopic (exact) mass is 331 g/mol. The molecule has 1 saturated heterocycles. The van der Waals surface area contributed by atoms with Crippen molar-refractivity contribution in [3.8, 4) is 0 Å². The number of carbonyl (C=O) groups excluding carboxylic acids is 2. The third-order valence-corrected chi connectivity index (χ3v) is 2.98. The molecule has 122 valence electrons. The van der Waals surface area contributed by atoms with Crippen LogP contribution in [0.3, 0.4) is 0 Å². The molecule has 1 aliphatic rings. The van der Waals surface area contributed by atoms with Crippen molar-refractivity contribution in [2.45, 2.75) is 19.4 Å². The van der Waals surface area contributed by atoms with E-state index in [1.165, 1.54) is 25.1 Å². The number of hydrogen-bond donors (Lipinski definition) is 3. The lowest BCUT2D eigenvalue weighted by Crippen LogP contribution is -2.40. The van der Waals surface area contributed by atoms with E-state index in [4.69, 9.17) is 4.74 Å². The molecular weight excluding hydrogens is 313 g/mol. The number of ether oxygens (including phenoxy) is 1. The summed E-state index contributed by atoms with van der Waals surface area (Å²) in [7, 11) is 0. The first-order valence-electron chi connectivity index (χ1n) is 6.74. The zero-order chi connectivity index (χ0) is 15.2. The molecule has 1 aliphatic heterocycles. The van der Waals surface area contributed by atoms with E-state index in [-0.39, 0.29) is 42.4 Å². The molecule has 22 heavy (non-hydrogen) atoms. The smallest absolute Gasteiger partial charge is 0.227 e. The van der Waals surface area contributed by atoms with E-state index in [1.807, 2.05) is 0 Å². The summed E-state index contributed by atoms with van der Waals surface area (Å²) < 4.78 is 19.1. The fourth-order valence-electron chi connectivity index (χ4n) is 2.06. The van der Waals surface area contributed by atoms with Crippen LogP contribution in [0.25, 0.3) is 0 Å². The minimum absolute atomic E-state index is 0. The number of halogens is 2. The number of anilines is 2. The van der Waals surface area contributed by atoms with Gasteiger partial charge in [0, 0.05) is 25.7 Å². The number of nitrogens with one attached hydrogen (secondary N) is 3. The van der Waals surface area contributed by atoms with Crippen LogP contribution in [-0.2, 0) is 14.3 Å². The van der Waals surface area contributed by atoms with Crippen molar-refractivity contribution in [2.75, 3.05) is 30.3 Å². The maximum atomic E-state index is 13.7. The summed E-state index contributed by atoms with van der Waals surface area (Å²) in [6.45, 7) is 3.28. The first-order valence-corrected chi connectivity index (χ1v) is 6.74. The molecule has 2 amide bonds. The number of rotatable bonds is 4. The quantitative estimate of drug-likeness (QED) is 0.781. The van der Waals surface area contributed by atoms with Gasteiger partial charge < -0.3 is 20.7 Å². The lowest BCUT2D eigenvalue weighted by Gasteiger charge is -2.23. The first-order chi connectivity index (χ1) is 10.0. The highest BCUT2D eigenvalue weighted by atomic mass is 35.5. The van der Waals surface area contributed by atoms with E-state index in [1.54, 1.807) is 0 Å². The van der Waals surface area contributed by atoms with Crippen molar-refractivity contribution >= 4 is 35.6 Å². The summed E-state index contributed by atoms with van der Waals surface area (Å²) >= 11 is 0. The van der Waals surface area contributed by atoms with E-state index in [0.29, 0.717) is 18.8 Å². The first kappa shape index (κ1) is 18.3. The van der Waals surface area contributed by atoms with Crippen LogP contribution in [0.5, 0.6) is 0 Å². The van der Waals surface area contributed by atoms with Gasteiger partial charge in [0.25, 0.3) is 0 Å². The summed E-state index contributed by atoms with van der Waals surface area (Å²) in [6.07, 6.45) is -0.0584. The van der Waals surface area contributed by atoms with Gasteiger partial charge in [0.05, 0.1) is 24.8 Å². The predicted molar refractivity (Wildman–Crippen MR) is 83.8 cm³/mol. The number of carbonyl (C=O) groups is 2. The molecule has 0 saturated carbocycles. The van der Waals surface area contributed by atoms with Crippen LogP contribution in [0.15, 0.2) is 18.2 Å². The highest BCUT2D eigenvalue weighted by Crippen LogP contribution is 2.20. The minimum atomic E-state index is -0.555. The van der Waals surface area contributed by atoms with Gasteiger partial charge in [0.2, 0.25) is 11.8 Å². The van der Waals surface area contributed by atoms with Crippen molar-refractivity contribution < 1.29 is 18.7 Å². The number of amides is 2. The summed E-state index contributed by atoms with van der Waals surface area (Å²) in [4.78, 5) is 22.9. The average Bonchev–Trinajstić information content (AvgIpc) is 2.43. The van der Waals surface area contributed by atoms with Crippen LogP contribution in [0.2, 0.25) is 0 Å². The molecule has 1 aromatic rings. The molecule has 1 fully saturated rings. The fourth-order valence-corrected chi connectivity index (χ4v) is 2.06. The van der Waals surface area contributed by atoms with Crippen LogP contribution in [-0.4, -0.2) is 37.6 Å². The maximum Gasteiger partial charge on any atom is 0.227 e. The molecule has 0 aromatic heterocycles. The molecule has 1 heterocycles. The van der Waals surface area contributed by atoms with Gasteiger partial charge in [-0.2, -0.15) is 0 Å². The Morgan fingerprint density at radius 1 is 1.41 bits per heavy atom. The number of hydrogen-bond acceptors (Lipinski definition) is 4. The zero-order valence-electron chi connectivity index (χ0n) is 12.1. The molecular formula is C14H19ClFN3O3. The Hall–Kier alpha value is -1.70. The average molecular weight is 332 g/mol. The van der Waals surface area contributed by atoms with Crippen molar-refractivity contribution in [3.05, 3.63) is 24.0 Å². The number of morpholine rings is 1. The molecule has 3 N–H and O–H groups in total. The topological polar surface area (TPSA) is 79.5 Å². The van der Waals surface area contributed by atoms with E-state index in [2.05, 4.69) is 16.0 Å². The Balaban J connectivity index is 0.00000242. The molecule has 8 heteroatoms. The van der Waals surface area contributed by atoms with Gasteiger partial charge in [-0.05, 0) is 18.2 Å². The van der Waals surface area contributed by atoms with Crippen LogP contribution in [0.4, 0.5) is 15.8 Å². The van der Waals surface area contributed by atoms with Gasteiger partial charge in [-0.1, -0.05) is 0 Å². The molecule has 0 radical (unpaired) electrons. The summed E-state index contributed by atoms with van der Waals surface area (Å²) in [5.41, 5.74) is 0.463. The van der Waals surface area contributed by atoms with E-state index >= 15 is 0 Å². The molecule has 1 unspecified atom stereocenters. The Morgan fingerprint density at radius 2 is 2.18 bits per heavy atom. The lowest BCUT2D eigenvalue weighted by molar-refractivity contribution is -0.119. The fraction of sp³-hybridized carbons (Fsp3) is 0.429. The molecule has 1 aromatic carbocycles. The Kier molecular flexibility index (Phi) is 7.23. The van der Waals surface area contributed by atoms with Crippen molar-refractivity contribution in [2.24, 2.45) is 0 Å². The highest BCUT2D eigenvalue weighted by Gasteiger charge is 2.18. The van der Waals surface area contributed by atoms with E-state index < -0.39 is 5.82 Å². The van der Waals surface area contributed by atoms with Crippen LogP contribution < -0.4 is 16.0 Å². The normalized spacial score (nSPS) is 17.3. The predicted octanol–water partition coefficient (Wildman–Crippen LogP) is 1.52. The second kappa shape index (κ2) is 8.67.